The molecular weight excluding hydrogens is 617 g/mol. The Morgan fingerprint density at radius 3 is 2.61 bits per heavy atom. The Balaban J connectivity index is 1.69. The Kier molecular flexibility index (Phi) is 9.02. The van der Waals surface area contributed by atoms with Crippen LogP contribution < -0.4 is 10.1 Å². The van der Waals surface area contributed by atoms with E-state index in [1.54, 1.807) is 33.8 Å². The maximum absolute atomic E-state index is 15.5. The number of nitrogens with zero attached hydrogens (tertiary/aromatic N) is 3. The van der Waals surface area contributed by atoms with Crippen molar-refractivity contribution in [3.63, 3.8) is 0 Å². The zero-order chi connectivity index (χ0) is 31.9. The van der Waals surface area contributed by atoms with Gasteiger partial charge in [-0.1, -0.05) is 23.2 Å². The number of rotatable bonds is 7. The van der Waals surface area contributed by atoms with Crippen LogP contribution in [0.4, 0.5) is 8.92 Å². The monoisotopic (exact) mass is 648 g/mol. The fourth-order valence-electron chi connectivity index (χ4n) is 5.48. The van der Waals surface area contributed by atoms with Crippen LogP contribution in [0.1, 0.15) is 79.0 Å². The second kappa shape index (κ2) is 12.5. The molecule has 0 spiro atoms. The van der Waals surface area contributed by atoms with Gasteiger partial charge >= 0.3 is 5.97 Å². The Morgan fingerprint density at radius 1 is 1.18 bits per heavy atom. The summed E-state index contributed by atoms with van der Waals surface area (Å²) in [6.45, 7) is 9.12. The number of benzene rings is 1. The van der Waals surface area contributed by atoms with Crippen LogP contribution in [-0.4, -0.2) is 45.2 Å². The van der Waals surface area contributed by atoms with Crippen molar-refractivity contribution in [2.24, 2.45) is 0 Å². The number of halogens is 4. The zero-order valence-corrected chi connectivity index (χ0v) is 26.5. The Hall–Kier alpha value is -3.54. The van der Waals surface area contributed by atoms with Gasteiger partial charge in [0.1, 0.15) is 0 Å². The number of hydrogen-bond acceptors (Lipinski definition) is 7. The van der Waals surface area contributed by atoms with Gasteiger partial charge in [0, 0.05) is 44.6 Å². The third-order valence-corrected chi connectivity index (χ3v) is 8.34. The number of amides is 1. The molecule has 234 valence electrons. The van der Waals surface area contributed by atoms with Crippen molar-refractivity contribution in [3.05, 3.63) is 67.7 Å². The first-order chi connectivity index (χ1) is 20.8. The molecule has 44 heavy (non-hydrogen) atoms. The fraction of sp³-hybridized carbons (Fsp3) is 0.419. The number of ether oxygens (including phenoxy) is 2. The summed E-state index contributed by atoms with van der Waals surface area (Å²) < 4.78 is 42.0. The Bertz CT molecular complexity index is 1730. The molecule has 1 aliphatic carbocycles. The molecule has 1 N–H and O–H groups in total. The summed E-state index contributed by atoms with van der Waals surface area (Å²) in [5.41, 5.74) is 2.53. The number of nitrogens with one attached hydrogen (secondary N) is 1. The maximum Gasteiger partial charge on any atom is 0.381 e. The van der Waals surface area contributed by atoms with E-state index >= 15 is 4.39 Å². The molecule has 1 atom stereocenters. The predicted octanol–water partition coefficient (Wildman–Crippen LogP) is 6.90. The molecule has 3 aromatic rings. The summed E-state index contributed by atoms with van der Waals surface area (Å²) in [4.78, 5) is 34.4. The first-order valence-corrected chi connectivity index (χ1v) is 14.9. The number of aryl methyl sites for hydroxylation is 1. The maximum atomic E-state index is 15.5. The van der Waals surface area contributed by atoms with Crippen molar-refractivity contribution in [1.29, 1.82) is 0 Å². The number of hydrogen-bond donors (Lipinski definition) is 1. The zero-order valence-electron chi connectivity index (χ0n) is 24.9. The van der Waals surface area contributed by atoms with E-state index in [-0.39, 0.29) is 40.6 Å². The highest BCUT2D eigenvalue weighted by molar-refractivity contribution is 6.40. The lowest BCUT2D eigenvalue weighted by Crippen LogP contribution is -2.29. The highest BCUT2D eigenvalue weighted by atomic mass is 35.5. The quantitative estimate of drug-likeness (QED) is 0.297. The minimum absolute atomic E-state index is 0.0205. The van der Waals surface area contributed by atoms with Gasteiger partial charge in [0.15, 0.2) is 29.0 Å². The van der Waals surface area contributed by atoms with Crippen molar-refractivity contribution in [2.45, 2.75) is 72.0 Å². The summed E-state index contributed by atoms with van der Waals surface area (Å²) in [5.74, 6) is -2.25. The van der Waals surface area contributed by atoms with Crippen molar-refractivity contribution in [1.82, 2.24) is 19.9 Å². The average molecular weight is 650 g/mol. The van der Waals surface area contributed by atoms with Crippen LogP contribution in [0.3, 0.4) is 0 Å². The van der Waals surface area contributed by atoms with Crippen LogP contribution in [0.15, 0.2) is 33.8 Å². The number of carbonyl (C=O) groups excluding carboxylic acids is 2. The Morgan fingerprint density at radius 2 is 1.93 bits per heavy atom. The summed E-state index contributed by atoms with van der Waals surface area (Å²) in [5, 5.41) is 8.38. The van der Waals surface area contributed by atoms with Gasteiger partial charge in [-0.3, -0.25) is 9.74 Å². The number of carbonyl (C=O) groups is 2. The van der Waals surface area contributed by atoms with Gasteiger partial charge < -0.3 is 14.8 Å². The van der Waals surface area contributed by atoms with Crippen molar-refractivity contribution < 1.29 is 32.9 Å². The molecule has 5 rings (SSSR count). The predicted molar refractivity (Wildman–Crippen MR) is 161 cm³/mol. The number of aromatic nitrogens is 3. The molecule has 9 nitrogen and oxygen atoms in total. The molecule has 0 bridgehead atoms. The third kappa shape index (κ3) is 6.31. The summed E-state index contributed by atoms with van der Waals surface area (Å²) in [7, 11) is 0. The smallest absolute Gasteiger partial charge is 0.381 e. The lowest BCUT2D eigenvalue weighted by molar-refractivity contribution is -0.205. The van der Waals surface area contributed by atoms with Crippen LogP contribution in [0.25, 0.3) is 16.9 Å². The normalized spacial score (nSPS) is 15.9. The van der Waals surface area contributed by atoms with E-state index in [4.69, 9.17) is 32.7 Å². The minimum atomic E-state index is -1.59. The van der Waals surface area contributed by atoms with Crippen LogP contribution in [0.5, 0.6) is 5.75 Å². The van der Waals surface area contributed by atoms with Crippen LogP contribution in [-0.2, 0) is 20.9 Å². The van der Waals surface area contributed by atoms with Crippen molar-refractivity contribution in [2.75, 3.05) is 13.2 Å². The minimum Gasteiger partial charge on any atom is -0.490 e. The number of allylic oxidation sites excluding steroid dienone is 3. The van der Waals surface area contributed by atoms with Crippen molar-refractivity contribution >= 4 is 40.7 Å². The molecule has 0 fully saturated rings. The molecule has 0 radical (unpaired) electrons. The highest BCUT2D eigenvalue weighted by Crippen LogP contribution is 2.42. The molecule has 1 aromatic carbocycles. The van der Waals surface area contributed by atoms with E-state index in [9.17, 15) is 14.1 Å². The molecule has 2 aromatic heterocycles. The van der Waals surface area contributed by atoms with Crippen LogP contribution >= 0.6 is 23.2 Å². The molecular formula is C31H32Cl2F2N4O5. The van der Waals surface area contributed by atoms with Gasteiger partial charge in [-0.2, -0.15) is 5.10 Å². The summed E-state index contributed by atoms with van der Waals surface area (Å²) in [6, 6.07) is 2.76. The standard InChI is InChI=1S/C31H32Cl2F2N4O5/c1-15-18-7-6-10-42-27(18)22(34)12-19(15)26-25(28(30(41)44-35)43-31(3,4)5)16(2)37-24-13-23(38-39(24)26)29(40)36-14-17-8-9-20(32)21(33)11-17/h11-13,28H,6-10,14H2,1-5H3,(H,36,40)/t28-/m0/s1. The molecule has 1 aliphatic heterocycles. The molecule has 13 heteroatoms. The first kappa shape index (κ1) is 31.9. The topological polar surface area (TPSA) is 104 Å². The van der Waals surface area contributed by atoms with Crippen LogP contribution in [0, 0.1) is 19.7 Å². The highest BCUT2D eigenvalue weighted by Gasteiger charge is 2.36. The van der Waals surface area contributed by atoms with Gasteiger partial charge in [-0.05, 0) is 83.6 Å². The molecule has 0 unspecified atom stereocenters. The molecule has 0 saturated heterocycles. The van der Waals surface area contributed by atoms with E-state index in [0.717, 1.165) is 5.57 Å². The number of fused-ring (bicyclic) bond motifs is 2. The average Bonchev–Trinajstić information content (AvgIpc) is 3.40. The van der Waals surface area contributed by atoms with E-state index < -0.39 is 29.4 Å². The lowest BCUT2D eigenvalue weighted by Gasteiger charge is -2.28. The third-order valence-electron chi connectivity index (χ3n) is 7.51. The molecule has 0 saturated carbocycles. The van der Waals surface area contributed by atoms with Crippen molar-refractivity contribution in [3.8, 4) is 17.0 Å². The molecule has 1 amide bonds. The van der Waals surface area contributed by atoms with Gasteiger partial charge in [-0.25, -0.2) is 18.7 Å². The molecule has 2 aliphatic rings. The molecule has 3 heterocycles. The SMILES string of the molecule is Cc1nc2cc(C(=O)NCC3=CC(Cl)=C(Cl)CC3)nn2c(-c2cc(F)c3c(c2C)CCCO3)c1[C@H](OC(C)(C)C)C(=O)OF. The summed E-state index contributed by atoms with van der Waals surface area (Å²) in [6.07, 6.45) is 2.60. The Labute approximate surface area is 263 Å². The van der Waals surface area contributed by atoms with Gasteiger partial charge in [0.2, 0.25) is 0 Å². The second-order valence-corrected chi connectivity index (χ2v) is 12.7. The second-order valence-electron chi connectivity index (χ2n) is 11.8. The van der Waals surface area contributed by atoms with E-state index in [1.807, 2.05) is 6.92 Å². The van der Waals surface area contributed by atoms with Crippen LogP contribution in [0.2, 0.25) is 0 Å². The first-order valence-electron chi connectivity index (χ1n) is 14.2. The van der Waals surface area contributed by atoms with E-state index in [2.05, 4.69) is 20.3 Å². The van der Waals surface area contributed by atoms with Gasteiger partial charge in [0.05, 0.1) is 22.9 Å². The van der Waals surface area contributed by atoms with E-state index in [1.165, 1.54) is 16.6 Å². The largest absolute Gasteiger partial charge is 0.490 e. The fourth-order valence-corrected chi connectivity index (χ4v) is 5.88. The summed E-state index contributed by atoms with van der Waals surface area (Å²) >= 11 is 12.2. The van der Waals surface area contributed by atoms with Gasteiger partial charge in [-0.15, -0.1) is 0 Å². The van der Waals surface area contributed by atoms with E-state index in [0.29, 0.717) is 59.0 Å². The van der Waals surface area contributed by atoms with Gasteiger partial charge in [0.25, 0.3) is 5.91 Å². The lowest BCUT2D eigenvalue weighted by atomic mass is 9.91.